The molecule has 7 heteroatoms. The van der Waals surface area contributed by atoms with E-state index in [1.54, 1.807) is 0 Å². The van der Waals surface area contributed by atoms with Crippen LogP contribution in [0.5, 0.6) is 0 Å². The lowest BCUT2D eigenvalue weighted by Gasteiger charge is -2.05. The van der Waals surface area contributed by atoms with Crippen LogP contribution in [0.2, 0.25) is 0 Å². The molecule has 0 aliphatic carbocycles. The van der Waals surface area contributed by atoms with Gasteiger partial charge in [-0.2, -0.15) is 0 Å². The van der Waals surface area contributed by atoms with Crippen molar-refractivity contribution in [3.05, 3.63) is 35.5 Å². The molecule has 0 unspecified atom stereocenters. The van der Waals surface area contributed by atoms with Gasteiger partial charge in [0.2, 0.25) is 0 Å². The summed E-state index contributed by atoms with van der Waals surface area (Å²) >= 11 is 0. The fourth-order valence-corrected chi connectivity index (χ4v) is 5.08. The highest BCUT2D eigenvalue weighted by atomic mass is 32.2. The predicted octanol–water partition coefficient (Wildman–Crippen LogP) is 3.96. The smallest absolute Gasteiger partial charge is 0.324 e. The van der Waals surface area contributed by atoms with Crippen LogP contribution < -0.4 is 0 Å². The zero-order valence-corrected chi connectivity index (χ0v) is 15.9. The first-order valence-electron chi connectivity index (χ1n) is 7.73. The average molecular weight is 364 g/mol. The summed E-state index contributed by atoms with van der Waals surface area (Å²) in [7, 11) is -8.22. The van der Waals surface area contributed by atoms with E-state index in [2.05, 4.69) is 19.1 Å². The number of hydrogen-bond acceptors (Lipinski definition) is 3. The van der Waals surface area contributed by atoms with Crippen LogP contribution in [0, 0.1) is 0 Å². The van der Waals surface area contributed by atoms with E-state index in [0.29, 0.717) is 0 Å². The van der Waals surface area contributed by atoms with E-state index in [1.807, 2.05) is 26.0 Å². The van der Waals surface area contributed by atoms with E-state index < -0.39 is 22.9 Å². The highest BCUT2D eigenvalue weighted by Gasteiger charge is 2.23. The molecular weight excluding hydrogens is 335 g/mol. The van der Waals surface area contributed by atoms with Gasteiger partial charge in [-0.1, -0.05) is 35.5 Å². The molecule has 0 bridgehead atoms. The molecule has 5 nitrogen and oxygen atoms in total. The van der Waals surface area contributed by atoms with E-state index in [-0.39, 0.29) is 12.2 Å². The van der Waals surface area contributed by atoms with E-state index >= 15 is 0 Å². The van der Waals surface area contributed by atoms with Crippen LogP contribution in [0.1, 0.15) is 52.9 Å². The first-order chi connectivity index (χ1) is 10.6. The Labute approximate surface area is 140 Å². The third-order valence-corrected chi connectivity index (χ3v) is 7.04. The molecule has 0 aromatic heterocycles. The lowest BCUT2D eigenvalue weighted by molar-refractivity contribution is 0.378. The fourth-order valence-electron chi connectivity index (χ4n) is 2.03. The van der Waals surface area contributed by atoms with Gasteiger partial charge < -0.3 is 9.79 Å². The molecule has 0 spiro atoms. The van der Waals surface area contributed by atoms with E-state index in [0.717, 1.165) is 31.3 Å². The van der Waals surface area contributed by atoms with E-state index in [4.69, 9.17) is 9.79 Å². The van der Waals surface area contributed by atoms with Crippen LogP contribution in [-0.2, 0) is 14.4 Å². The summed E-state index contributed by atoms with van der Waals surface area (Å²) < 4.78 is 33.8. The maximum Gasteiger partial charge on any atom is 0.340 e. The molecule has 0 fully saturated rings. The standard InChI is InChI=1S/C16H29O5PS/c1-4-5-6-9-15(2)10-7-11-16(3)12-8-13-23(20,21)14-22(17,18)19/h4-5,10,12H,6-9,11,13-14H2,1-3H3,(H2,17,18,19)/b5-4+,15-10+,16-12+. The van der Waals surface area contributed by atoms with Crippen molar-refractivity contribution >= 4 is 17.4 Å². The highest BCUT2D eigenvalue weighted by molar-refractivity contribution is 7.97. The largest absolute Gasteiger partial charge is 0.340 e. The van der Waals surface area contributed by atoms with Crippen molar-refractivity contribution in [2.24, 2.45) is 0 Å². The second kappa shape index (κ2) is 11.0. The predicted molar refractivity (Wildman–Crippen MR) is 96.1 cm³/mol. The molecule has 134 valence electrons. The number of hydrogen-bond donors (Lipinski definition) is 2. The second-order valence-corrected chi connectivity index (χ2v) is 10.0. The molecule has 0 rings (SSSR count). The summed E-state index contributed by atoms with van der Waals surface area (Å²) in [5.41, 5.74) is 1.37. The minimum atomic E-state index is -4.51. The Morgan fingerprint density at radius 2 is 1.52 bits per heavy atom. The summed E-state index contributed by atoms with van der Waals surface area (Å²) in [5.74, 6) is -0.229. The van der Waals surface area contributed by atoms with Crippen molar-refractivity contribution in [1.82, 2.24) is 0 Å². The number of sulfone groups is 1. The SMILES string of the molecule is C/C=C/CC/C(C)=C/CC/C(C)=C/CCS(=O)(=O)CP(=O)(O)O. The number of allylic oxidation sites excluding steroid dienone is 6. The second-order valence-electron chi connectivity index (χ2n) is 5.78. The Balaban J connectivity index is 4.18. The summed E-state index contributed by atoms with van der Waals surface area (Å²) in [6, 6.07) is 0. The Hall–Kier alpha value is -0.680. The summed E-state index contributed by atoms with van der Waals surface area (Å²) in [4.78, 5) is 17.4. The normalized spacial score (nSPS) is 14.7. The van der Waals surface area contributed by atoms with Crippen LogP contribution in [0.3, 0.4) is 0 Å². The van der Waals surface area contributed by atoms with Crippen molar-refractivity contribution in [2.45, 2.75) is 52.9 Å². The van der Waals surface area contributed by atoms with Gasteiger partial charge in [0.05, 0.1) is 5.75 Å². The molecular formula is C16H29O5PS. The quantitative estimate of drug-likeness (QED) is 0.428. The molecule has 0 radical (unpaired) electrons. The van der Waals surface area contributed by atoms with Crippen LogP contribution in [0.4, 0.5) is 0 Å². The van der Waals surface area contributed by atoms with Gasteiger partial charge in [0, 0.05) is 0 Å². The van der Waals surface area contributed by atoms with Gasteiger partial charge in [0.1, 0.15) is 0 Å². The maximum absolute atomic E-state index is 11.5. The van der Waals surface area contributed by atoms with Crippen LogP contribution in [0.15, 0.2) is 35.5 Å². The third kappa shape index (κ3) is 14.6. The molecule has 0 aliphatic rings. The minimum absolute atomic E-state index is 0.229. The Kier molecular flexibility index (Phi) is 10.7. The zero-order chi connectivity index (χ0) is 17.9. The van der Waals surface area contributed by atoms with E-state index in [1.165, 1.54) is 5.57 Å². The Morgan fingerprint density at radius 1 is 1.00 bits per heavy atom. The van der Waals surface area contributed by atoms with Crippen LogP contribution >= 0.6 is 7.60 Å². The molecule has 0 aliphatic heterocycles. The minimum Gasteiger partial charge on any atom is -0.324 e. The monoisotopic (exact) mass is 364 g/mol. The van der Waals surface area contributed by atoms with Crippen molar-refractivity contribution in [1.29, 1.82) is 0 Å². The molecule has 0 aromatic rings. The first kappa shape index (κ1) is 22.3. The topological polar surface area (TPSA) is 91.7 Å². The lowest BCUT2D eigenvalue weighted by Crippen LogP contribution is -2.10. The summed E-state index contributed by atoms with van der Waals surface area (Å²) in [6.45, 7) is 6.06. The van der Waals surface area contributed by atoms with Crippen molar-refractivity contribution in [3.63, 3.8) is 0 Å². The molecule has 0 saturated heterocycles. The van der Waals surface area contributed by atoms with Gasteiger partial charge in [-0.25, -0.2) is 8.42 Å². The number of rotatable bonds is 11. The van der Waals surface area contributed by atoms with Gasteiger partial charge in [-0.3, -0.25) is 4.57 Å². The molecule has 2 N–H and O–H groups in total. The molecule has 0 atom stereocenters. The van der Waals surface area contributed by atoms with Crippen LogP contribution in [-0.4, -0.2) is 29.5 Å². The molecule has 0 amide bonds. The van der Waals surface area contributed by atoms with Gasteiger partial charge in [0.25, 0.3) is 0 Å². The summed E-state index contributed by atoms with van der Waals surface area (Å²) in [5, 5.41) is 0. The zero-order valence-electron chi connectivity index (χ0n) is 14.2. The van der Waals surface area contributed by atoms with E-state index in [9.17, 15) is 13.0 Å². The van der Waals surface area contributed by atoms with Crippen molar-refractivity contribution in [3.8, 4) is 0 Å². The van der Waals surface area contributed by atoms with Crippen LogP contribution in [0.25, 0.3) is 0 Å². The molecule has 0 saturated carbocycles. The Morgan fingerprint density at radius 3 is 2.04 bits per heavy atom. The maximum atomic E-state index is 11.5. The van der Waals surface area contributed by atoms with Gasteiger partial charge in [0.15, 0.2) is 15.3 Å². The Bertz CT molecular complexity index is 582. The summed E-state index contributed by atoms with van der Waals surface area (Å²) in [6.07, 6.45) is 12.4. The molecule has 23 heavy (non-hydrogen) atoms. The van der Waals surface area contributed by atoms with Crippen molar-refractivity contribution in [2.75, 3.05) is 11.2 Å². The average Bonchev–Trinajstić information content (AvgIpc) is 2.35. The van der Waals surface area contributed by atoms with Crippen molar-refractivity contribution < 1.29 is 22.8 Å². The van der Waals surface area contributed by atoms with Gasteiger partial charge in [-0.05, 0) is 52.9 Å². The third-order valence-electron chi connectivity index (χ3n) is 3.26. The first-order valence-corrected chi connectivity index (χ1v) is 11.3. The molecule has 0 heterocycles. The van der Waals surface area contributed by atoms with Gasteiger partial charge in [-0.15, -0.1) is 0 Å². The lowest BCUT2D eigenvalue weighted by atomic mass is 10.1. The molecule has 0 aromatic carbocycles. The van der Waals surface area contributed by atoms with Gasteiger partial charge >= 0.3 is 7.60 Å². The fraction of sp³-hybridized carbons (Fsp3) is 0.625. The highest BCUT2D eigenvalue weighted by Crippen LogP contribution is 2.36.